The van der Waals surface area contributed by atoms with E-state index in [1.54, 1.807) is 6.20 Å². The van der Waals surface area contributed by atoms with Gasteiger partial charge >= 0.3 is 0 Å². The van der Waals surface area contributed by atoms with Crippen molar-refractivity contribution >= 4 is 5.96 Å². The minimum atomic E-state index is 0.603. The molecule has 2 rings (SSSR count). The summed E-state index contributed by atoms with van der Waals surface area (Å²) in [6.45, 7) is 1.70. The van der Waals surface area contributed by atoms with Gasteiger partial charge in [-0.25, -0.2) is 0 Å². The van der Waals surface area contributed by atoms with Crippen LogP contribution in [0.5, 0.6) is 0 Å². The highest BCUT2D eigenvalue weighted by Crippen LogP contribution is 2.17. The van der Waals surface area contributed by atoms with Gasteiger partial charge in [-0.1, -0.05) is 12.8 Å². The zero-order valence-electron chi connectivity index (χ0n) is 10.4. The number of guanidine groups is 1. The number of rotatable bonds is 4. The molecular weight excluding hydrogens is 214 g/mol. The summed E-state index contributed by atoms with van der Waals surface area (Å²) in [5.74, 6) is 0.907. The molecule has 94 valence electrons. The van der Waals surface area contributed by atoms with E-state index in [9.17, 15) is 0 Å². The van der Waals surface area contributed by atoms with E-state index in [1.807, 2.05) is 24.0 Å². The predicted octanol–water partition coefficient (Wildman–Crippen LogP) is 0.991. The van der Waals surface area contributed by atoms with Gasteiger partial charge in [0.2, 0.25) is 0 Å². The molecular formula is C12H21N5. The second-order valence-electron chi connectivity index (χ2n) is 4.39. The third kappa shape index (κ3) is 3.76. The van der Waals surface area contributed by atoms with E-state index >= 15 is 0 Å². The molecule has 1 aliphatic rings. The standard InChI is InChI=1S/C12H21N5/c1-13-12(16-11-5-2-3-6-11)14-8-10-17-9-4-7-15-17/h4,7,9,11H,2-3,5-6,8,10H2,1H3,(H2,13,14,16). The molecule has 0 spiro atoms. The Morgan fingerprint density at radius 3 is 2.94 bits per heavy atom. The number of nitrogens with one attached hydrogen (secondary N) is 2. The van der Waals surface area contributed by atoms with Crippen molar-refractivity contribution in [2.75, 3.05) is 13.6 Å². The molecule has 1 aliphatic carbocycles. The zero-order chi connectivity index (χ0) is 11.9. The van der Waals surface area contributed by atoms with Gasteiger partial charge in [0.25, 0.3) is 0 Å². The van der Waals surface area contributed by atoms with Crippen molar-refractivity contribution < 1.29 is 0 Å². The minimum Gasteiger partial charge on any atom is -0.355 e. The number of hydrogen-bond acceptors (Lipinski definition) is 2. The van der Waals surface area contributed by atoms with Crippen LogP contribution in [0, 0.1) is 0 Å². The molecule has 1 fully saturated rings. The summed E-state index contributed by atoms with van der Waals surface area (Å²) in [4.78, 5) is 4.24. The molecule has 1 aromatic rings. The monoisotopic (exact) mass is 235 g/mol. The normalized spacial score (nSPS) is 17.4. The maximum atomic E-state index is 4.24. The van der Waals surface area contributed by atoms with Crippen LogP contribution in [0.4, 0.5) is 0 Å². The summed E-state index contributed by atoms with van der Waals surface area (Å²) < 4.78 is 1.91. The average molecular weight is 235 g/mol. The van der Waals surface area contributed by atoms with Gasteiger partial charge in [0, 0.05) is 32.0 Å². The maximum Gasteiger partial charge on any atom is 0.191 e. The Labute approximate surface area is 102 Å². The van der Waals surface area contributed by atoms with Gasteiger partial charge in [-0.15, -0.1) is 0 Å². The number of nitrogens with zero attached hydrogens (tertiary/aromatic N) is 3. The van der Waals surface area contributed by atoms with Crippen LogP contribution in [-0.2, 0) is 6.54 Å². The number of aromatic nitrogens is 2. The van der Waals surface area contributed by atoms with E-state index in [0.717, 1.165) is 19.0 Å². The van der Waals surface area contributed by atoms with Crippen LogP contribution in [0.3, 0.4) is 0 Å². The highest BCUT2D eigenvalue weighted by Gasteiger charge is 2.15. The van der Waals surface area contributed by atoms with Crippen LogP contribution < -0.4 is 10.6 Å². The first-order valence-electron chi connectivity index (χ1n) is 6.33. The Balaban J connectivity index is 1.68. The largest absolute Gasteiger partial charge is 0.355 e. The van der Waals surface area contributed by atoms with Gasteiger partial charge in [0.05, 0.1) is 6.54 Å². The molecule has 0 atom stereocenters. The Morgan fingerprint density at radius 2 is 2.29 bits per heavy atom. The van der Waals surface area contributed by atoms with Crippen molar-refractivity contribution in [2.24, 2.45) is 4.99 Å². The van der Waals surface area contributed by atoms with Gasteiger partial charge in [-0.3, -0.25) is 9.67 Å². The third-order valence-corrected chi connectivity index (χ3v) is 3.11. The fraction of sp³-hybridized carbons (Fsp3) is 0.667. The van der Waals surface area contributed by atoms with Gasteiger partial charge < -0.3 is 10.6 Å². The Hall–Kier alpha value is -1.52. The second-order valence-corrected chi connectivity index (χ2v) is 4.39. The molecule has 2 N–H and O–H groups in total. The third-order valence-electron chi connectivity index (χ3n) is 3.11. The summed E-state index contributed by atoms with van der Waals surface area (Å²) in [6, 6.07) is 2.54. The van der Waals surface area contributed by atoms with Crippen molar-refractivity contribution in [3.63, 3.8) is 0 Å². The molecule has 0 aliphatic heterocycles. The van der Waals surface area contributed by atoms with Crippen LogP contribution >= 0.6 is 0 Å². The first-order valence-corrected chi connectivity index (χ1v) is 6.33. The molecule has 1 heterocycles. The molecule has 0 aromatic carbocycles. The van der Waals surface area contributed by atoms with Crippen molar-refractivity contribution in [3.05, 3.63) is 18.5 Å². The van der Waals surface area contributed by atoms with E-state index < -0.39 is 0 Å². The van der Waals surface area contributed by atoms with Crippen molar-refractivity contribution in [1.82, 2.24) is 20.4 Å². The van der Waals surface area contributed by atoms with E-state index in [0.29, 0.717) is 6.04 Å². The maximum absolute atomic E-state index is 4.24. The van der Waals surface area contributed by atoms with Crippen LogP contribution in [0.25, 0.3) is 0 Å². The summed E-state index contributed by atoms with van der Waals surface area (Å²) in [5.41, 5.74) is 0. The molecule has 17 heavy (non-hydrogen) atoms. The topological polar surface area (TPSA) is 54.2 Å². The van der Waals surface area contributed by atoms with Crippen molar-refractivity contribution in [1.29, 1.82) is 0 Å². The van der Waals surface area contributed by atoms with Gasteiger partial charge in [0.15, 0.2) is 5.96 Å². The van der Waals surface area contributed by atoms with Crippen molar-refractivity contribution in [2.45, 2.75) is 38.3 Å². The second kappa shape index (κ2) is 6.27. The zero-order valence-corrected chi connectivity index (χ0v) is 10.4. The fourth-order valence-electron chi connectivity index (χ4n) is 2.18. The average Bonchev–Trinajstić information content (AvgIpc) is 3.00. The fourth-order valence-corrected chi connectivity index (χ4v) is 2.18. The van der Waals surface area contributed by atoms with E-state index in [-0.39, 0.29) is 0 Å². The van der Waals surface area contributed by atoms with E-state index in [1.165, 1.54) is 25.7 Å². The summed E-state index contributed by atoms with van der Waals surface area (Å²) in [6.07, 6.45) is 8.96. The predicted molar refractivity (Wildman–Crippen MR) is 69.0 cm³/mol. The lowest BCUT2D eigenvalue weighted by Crippen LogP contribution is -2.43. The van der Waals surface area contributed by atoms with Crippen molar-refractivity contribution in [3.8, 4) is 0 Å². The quantitative estimate of drug-likeness (QED) is 0.604. The first kappa shape index (κ1) is 12.0. The van der Waals surface area contributed by atoms with Crippen LogP contribution in [-0.4, -0.2) is 35.4 Å². The summed E-state index contributed by atoms with van der Waals surface area (Å²) in [5, 5.41) is 10.9. The highest BCUT2D eigenvalue weighted by atomic mass is 15.3. The molecule has 0 bridgehead atoms. The highest BCUT2D eigenvalue weighted by molar-refractivity contribution is 5.79. The van der Waals surface area contributed by atoms with Crippen LogP contribution in [0.15, 0.2) is 23.5 Å². The van der Waals surface area contributed by atoms with Gasteiger partial charge in [-0.05, 0) is 18.9 Å². The molecule has 0 radical (unpaired) electrons. The lowest BCUT2D eigenvalue weighted by atomic mass is 10.2. The van der Waals surface area contributed by atoms with Gasteiger partial charge in [-0.2, -0.15) is 5.10 Å². The molecule has 5 heteroatoms. The molecule has 5 nitrogen and oxygen atoms in total. The van der Waals surface area contributed by atoms with E-state index in [2.05, 4.69) is 20.7 Å². The summed E-state index contributed by atoms with van der Waals surface area (Å²) in [7, 11) is 1.82. The lowest BCUT2D eigenvalue weighted by Gasteiger charge is -2.16. The molecule has 0 saturated heterocycles. The molecule has 0 unspecified atom stereocenters. The minimum absolute atomic E-state index is 0.603. The lowest BCUT2D eigenvalue weighted by molar-refractivity contribution is 0.578. The molecule has 0 amide bonds. The summed E-state index contributed by atoms with van der Waals surface area (Å²) >= 11 is 0. The number of hydrogen-bond donors (Lipinski definition) is 2. The van der Waals surface area contributed by atoms with E-state index in [4.69, 9.17) is 0 Å². The Kier molecular flexibility index (Phi) is 4.41. The molecule has 1 saturated carbocycles. The Bertz CT molecular complexity index is 338. The SMILES string of the molecule is CN=C(NCCn1cccn1)NC1CCCC1. The van der Waals surface area contributed by atoms with Gasteiger partial charge in [0.1, 0.15) is 0 Å². The smallest absolute Gasteiger partial charge is 0.191 e. The van der Waals surface area contributed by atoms with Crippen LogP contribution in [0.1, 0.15) is 25.7 Å². The number of aliphatic imine (C=N–C) groups is 1. The molecule has 1 aromatic heterocycles. The van der Waals surface area contributed by atoms with Crippen LogP contribution in [0.2, 0.25) is 0 Å². The first-order chi connectivity index (χ1) is 8.38. The Morgan fingerprint density at radius 1 is 1.47 bits per heavy atom.